The number of hydrogen-bond donors (Lipinski definition) is 1. The monoisotopic (exact) mass is 368 g/mol. The van der Waals surface area contributed by atoms with Gasteiger partial charge in [-0.3, -0.25) is 0 Å². The van der Waals surface area contributed by atoms with E-state index in [4.69, 9.17) is 21.1 Å². The Labute approximate surface area is 146 Å². The van der Waals surface area contributed by atoms with Gasteiger partial charge < -0.3 is 9.47 Å². The number of nitrogens with one attached hydrogen (secondary N) is 1. The van der Waals surface area contributed by atoms with Gasteiger partial charge in [-0.05, 0) is 55.0 Å². The molecule has 0 amide bonds. The molecule has 0 unspecified atom stereocenters. The summed E-state index contributed by atoms with van der Waals surface area (Å²) in [6.07, 6.45) is 1.38. The van der Waals surface area contributed by atoms with Crippen LogP contribution in [-0.2, 0) is 10.0 Å². The highest BCUT2D eigenvalue weighted by atomic mass is 35.5. The molecule has 0 aromatic heterocycles. The lowest BCUT2D eigenvalue weighted by atomic mass is 10.2. The molecule has 0 fully saturated rings. The SMILES string of the molecule is CCOc1ccc(C=NNS(=O)(=O)c2ccc(Cl)cc2)cc1OC. The lowest BCUT2D eigenvalue weighted by Gasteiger charge is -2.09. The minimum Gasteiger partial charge on any atom is -0.493 e. The van der Waals surface area contributed by atoms with Gasteiger partial charge in [-0.15, -0.1) is 0 Å². The zero-order chi connectivity index (χ0) is 17.6. The predicted octanol–water partition coefficient (Wildman–Crippen LogP) is 3.06. The van der Waals surface area contributed by atoms with Crippen LogP contribution >= 0.6 is 11.6 Å². The molecule has 0 atom stereocenters. The van der Waals surface area contributed by atoms with Crippen LogP contribution in [0.2, 0.25) is 5.02 Å². The van der Waals surface area contributed by atoms with Gasteiger partial charge >= 0.3 is 0 Å². The summed E-state index contributed by atoms with van der Waals surface area (Å²) in [4.78, 5) is 2.22. The summed E-state index contributed by atoms with van der Waals surface area (Å²) in [5.74, 6) is 1.15. The Kier molecular flexibility index (Phi) is 6.05. The lowest BCUT2D eigenvalue weighted by molar-refractivity contribution is 0.311. The van der Waals surface area contributed by atoms with E-state index in [-0.39, 0.29) is 4.90 Å². The highest BCUT2D eigenvalue weighted by Gasteiger charge is 2.12. The maximum Gasteiger partial charge on any atom is 0.276 e. The quantitative estimate of drug-likeness (QED) is 0.602. The van der Waals surface area contributed by atoms with Gasteiger partial charge in [-0.1, -0.05) is 11.6 Å². The van der Waals surface area contributed by atoms with Crippen molar-refractivity contribution in [2.24, 2.45) is 5.10 Å². The number of halogens is 1. The maximum atomic E-state index is 12.1. The van der Waals surface area contributed by atoms with Gasteiger partial charge in [0.05, 0.1) is 24.8 Å². The van der Waals surface area contributed by atoms with Crippen LogP contribution in [-0.4, -0.2) is 28.3 Å². The zero-order valence-corrected chi connectivity index (χ0v) is 14.8. The van der Waals surface area contributed by atoms with Crippen molar-refractivity contribution < 1.29 is 17.9 Å². The van der Waals surface area contributed by atoms with Gasteiger partial charge in [0.15, 0.2) is 11.5 Å². The van der Waals surface area contributed by atoms with E-state index in [1.54, 1.807) is 18.2 Å². The number of ether oxygens (including phenoxy) is 2. The zero-order valence-electron chi connectivity index (χ0n) is 13.2. The summed E-state index contributed by atoms with van der Waals surface area (Å²) in [5, 5.41) is 4.23. The smallest absolute Gasteiger partial charge is 0.276 e. The third-order valence-electron chi connectivity index (χ3n) is 3.00. The fraction of sp³-hybridized carbons (Fsp3) is 0.188. The lowest BCUT2D eigenvalue weighted by Crippen LogP contribution is -2.18. The molecule has 0 radical (unpaired) electrons. The number of sulfonamides is 1. The second kappa shape index (κ2) is 8.03. The molecular weight excluding hydrogens is 352 g/mol. The first-order chi connectivity index (χ1) is 11.5. The normalized spacial score (nSPS) is 11.5. The van der Waals surface area contributed by atoms with Crippen LogP contribution in [0, 0.1) is 0 Å². The number of hydrogen-bond acceptors (Lipinski definition) is 5. The van der Waals surface area contributed by atoms with E-state index in [9.17, 15) is 8.42 Å². The van der Waals surface area contributed by atoms with E-state index in [2.05, 4.69) is 9.93 Å². The third-order valence-corrected chi connectivity index (χ3v) is 4.49. The van der Waals surface area contributed by atoms with Crippen molar-refractivity contribution in [1.29, 1.82) is 0 Å². The summed E-state index contributed by atoms with van der Waals surface area (Å²) in [6, 6.07) is 11.0. The van der Waals surface area contributed by atoms with Gasteiger partial charge in [0.25, 0.3) is 10.0 Å². The Morgan fingerprint density at radius 3 is 2.50 bits per heavy atom. The van der Waals surface area contributed by atoms with Crippen molar-refractivity contribution in [1.82, 2.24) is 4.83 Å². The largest absolute Gasteiger partial charge is 0.493 e. The molecule has 128 valence electrons. The first-order valence-electron chi connectivity index (χ1n) is 7.07. The Balaban J connectivity index is 2.12. The summed E-state index contributed by atoms with van der Waals surface area (Å²) in [7, 11) is -2.21. The number of methoxy groups -OCH3 is 1. The first-order valence-corrected chi connectivity index (χ1v) is 8.93. The van der Waals surface area contributed by atoms with Crippen LogP contribution in [0.1, 0.15) is 12.5 Å². The van der Waals surface area contributed by atoms with Crippen molar-refractivity contribution >= 4 is 27.8 Å². The molecular formula is C16H17ClN2O4S. The fourth-order valence-corrected chi connectivity index (χ4v) is 2.79. The molecule has 1 N–H and O–H groups in total. The van der Waals surface area contributed by atoms with Crippen LogP contribution < -0.4 is 14.3 Å². The Hall–Kier alpha value is -2.25. The van der Waals surface area contributed by atoms with Crippen molar-refractivity contribution in [2.75, 3.05) is 13.7 Å². The predicted molar refractivity (Wildman–Crippen MR) is 93.5 cm³/mol. The average Bonchev–Trinajstić information content (AvgIpc) is 2.56. The van der Waals surface area contributed by atoms with Gasteiger partial charge in [0, 0.05) is 5.02 Å². The Morgan fingerprint density at radius 2 is 1.88 bits per heavy atom. The average molecular weight is 369 g/mol. The number of rotatable bonds is 7. The molecule has 0 spiro atoms. The van der Waals surface area contributed by atoms with E-state index in [1.807, 2.05) is 6.92 Å². The van der Waals surface area contributed by atoms with Gasteiger partial charge in [0.2, 0.25) is 0 Å². The summed E-state index contributed by atoms with van der Waals surface area (Å²) in [6.45, 7) is 2.39. The summed E-state index contributed by atoms with van der Waals surface area (Å²) < 4.78 is 34.8. The van der Waals surface area contributed by atoms with Crippen LogP contribution in [0.15, 0.2) is 52.5 Å². The Morgan fingerprint density at radius 1 is 1.17 bits per heavy atom. The molecule has 0 aliphatic carbocycles. The second-order valence-corrected chi connectivity index (χ2v) is 6.75. The van der Waals surface area contributed by atoms with Crippen LogP contribution in [0.5, 0.6) is 11.5 Å². The maximum absolute atomic E-state index is 12.1. The topological polar surface area (TPSA) is 77.0 Å². The van der Waals surface area contributed by atoms with E-state index in [0.29, 0.717) is 28.7 Å². The number of benzene rings is 2. The van der Waals surface area contributed by atoms with Gasteiger partial charge in [0.1, 0.15) is 0 Å². The molecule has 0 heterocycles. The molecule has 24 heavy (non-hydrogen) atoms. The standard InChI is InChI=1S/C16H17ClN2O4S/c1-3-23-15-9-4-12(10-16(15)22-2)11-18-19-24(20,21)14-7-5-13(17)6-8-14/h4-11,19H,3H2,1-2H3. The molecule has 2 aromatic carbocycles. The van der Waals surface area contributed by atoms with E-state index < -0.39 is 10.0 Å². The highest BCUT2D eigenvalue weighted by molar-refractivity contribution is 7.89. The van der Waals surface area contributed by atoms with Crippen molar-refractivity contribution in [3.63, 3.8) is 0 Å². The second-order valence-electron chi connectivity index (χ2n) is 4.65. The molecule has 0 saturated carbocycles. The van der Waals surface area contributed by atoms with Gasteiger partial charge in [-0.25, -0.2) is 4.83 Å². The molecule has 0 saturated heterocycles. The van der Waals surface area contributed by atoms with Crippen LogP contribution in [0.3, 0.4) is 0 Å². The van der Waals surface area contributed by atoms with Crippen molar-refractivity contribution in [3.8, 4) is 11.5 Å². The molecule has 2 rings (SSSR count). The molecule has 2 aromatic rings. The Bertz CT molecular complexity index is 820. The number of hydrazone groups is 1. The summed E-state index contributed by atoms with van der Waals surface area (Å²) in [5.41, 5.74) is 0.661. The van der Waals surface area contributed by atoms with Crippen molar-refractivity contribution in [2.45, 2.75) is 11.8 Å². The number of nitrogens with zero attached hydrogens (tertiary/aromatic N) is 1. The molecule has 0 aliphatic heterocycles. The van der Waals surface area contributed by atoms with Crippen LogP contribution in [0.25, 0.3) is 0 Å². The minimum atomic E-state index is -3.74. The summed E-state index contributed by atoms with van der Waals surface area (Å²) >= 11 is 5.74. The van der Waals surface area contributed by atoms with Crippen LogP contribution in [0.4, 0.5) is 0 Å². The fourth-order valence-electron chi connectivity index (χ4n) is 1.88. The minimum absolute atomic E-state index is 0.0772. The third kappa shape index (κ3) is 4.62. The van der Waals surface area contributed by atoms with Gasteiger partial charge in [-0.2, -0.15) is 13.5 Å². The molecule has 6 nitrogen and oxygen atoms in total. The molecule has 8 heteroatoms. The first kappa shape index (κ1) is 18.1. The molecule has 0 aliphatic rings. The van der Waals surface area contributed by atoms with E-state index in [0.717, 1.165) is 0 Å². The van der Waals surface area contributed by atoms with E-state index >= 15 is 0 Å². The highest BCUT2D eigenvalue weighted by Crippen LogP contribution is 2.27. The van der Waals surface area contributed by atoms with E-state index in [1.165, 1.54) is 37.6 Å². The van der Waals surface area contributed by atoms with Crippen molar-refractivity contribution in [3.05, 3.63) is 53.1 Å². The molecule has 0 bridgehead atoms.